The van der Waals surface area contributed by atoms with Crippen molar-refractivity contribution in [1.29, 1.82) is 0 Å². The van der Waals surface area contributed by atoms with Crippen molar-refractivity contribution < 1.29 is 14.3 Å². The summed E-state index contributed by atoms with van der Waals surface area (Å²) in [6.07, 6.45) is 5.70. The van der Waals surface area contributed by atoms with Gasteiger partial charge in [-0.2, -0.15) is 0 Å². The standard InChI is InChI=1S/C26H31FO2/c1-4-20-13-17(3)14-21(5-2)25(20)26-23(28)15-19(16-24(26)29)8-6-7-18-9-11-22(27)12-10-18/h9-14,19,28H,4-8,15-16H2,1-3H3/p+1. The number of benzene rings is 2. The number of aryl methyl sites for hydroxylation is 4. The maximum atomic E-state index is 13.0. The summed E-state index contributed by atoms with van der Waals surface area (Å²) in [5, 5.41) is 10.9. The van der Waals surface area contributed by atoms with Crippen LogP contribution in [-0.4, -0.2) is 15.7 Å². The maximum absolute atomic E-state index is 13.0. The number of aliphatic hydroxyl groups is 1. The van der Waals surface area contributed by atoms with Crippen molar-refractivity contribution in [3.8, 4) is 0 Å². The first-order valence-electron chi connectivity index (χ1n) is 10.8. The quantitative estimate of drug-likeness (QED) is 0.534. The molecule has 0 spiro atoms. The molecule has 154 valence electrons. The largest absolute Gasteiger partial charge is 0.511 e. The Morgan fingerprint density at radius 2 is 1.66 bits per heavy atom. The fraction of sp³-hybridized carbons (Fsp3) is 0.423. The second kappa shape index (κ2) is 9.39. The van der Waals surface area contributed by atoms with E-state index in [4.69, 9.17) is 0 Å². The molecule has 2 N–H and O–H groups in total. The first kappa shape index (κ1) is 21.3. The lowest BCUT2D eigenvalue weighted by Gasteiger charge is -2.23. The zero-order valence-electron chi connectivity index (χ0n) is 17.8. The van der Waals surface area contributed by atoms with Crippen LogP contribution in [0.1, 0.15) is 67.3 Å². The Morgan fingerprint density at radius 3 is 2.21 bits per heavy atom. The van der Waals surface area contributed by atoms with Gasteiger partial charge in [-0.3, -0.25) is 4.79 Å². The van der Waals surface area contributed by atoms with Crippen molar-refractivity contribution in [3.05, 3.63) is 75.8 Å². The maximum Gasteiger partial charge on any atom is 0.327 e. The molecule has 3 rings (SSSR count). The highest BCUT2D eigenvalue weighted by Gasteiger charge is 2.34. The van der Waals surface area contributed by atoms with Gasteiger partial charge >= 0.3 is 5.78 Å². The highest BCUT2D eigenvalue weighted by Crippen LogP contribution is 2.37. The molecule has 3 heteroatoms. The molecule has 0 saturated carbocycles. The van der Waals surface area contributed by atoms with Crippen LogP contribution in [-0.2, 0) is 19.3 Å². The molecular weight excluding hydrogens is 363 g/mol. The Labute approximate surface area is 173 Å². The van der Waals surface area contributed by atoms with Gasteiger partial charge in [0.1, 0.15) is 17.1 Å². The van der Waals surface area contributed by atoms with E-state index in [1.54, 1.807) is 0 Å². The average Bonchev–Trinajstić information content (AvgIpc) is 2.69. The van der Waals surface area contributed by atoms with Crippen LogP contribution in [0.15, 0.2) is 42.2 Å². The molecule has 1 unspecified atom stereocenters. The van der Waals surface area contributed by atoms with Crippen LogP contribution < -0.4 is 0 Å². The first-order valence-corrected chi connectivity index (χ1v) is 10.8. The number of halogens is 1. The number of aliphatic hydroxyl groups excluding tert-OH is 1. The summed E-state index contributed by atoms with van der Waals surface area (Å²) >= 11 is 0. The number of rotatable bonds is 7. The van der Waals surface area contributed by atoms with E-state index in [0.717, 1.165) is 43.2 Å². The highest BCUT2D eigenvalue weighted by atomic mass is 19.1. The number of ketones is 1. The molecule has 1 aliphatic rings. The highest BCUT2D eigenvalue weighted by molar-refractivity contribution is 6.23. The summed E-state index contributed by atoms with van der Waals surface area (Å²) in [5.74, 6) is 0.652. The molecule has 0 bridgehead atoms. The summed E-state index contributed by atoms with van der Waals surface area (Å²) in [5.41, 5.74) is 6.40. The van der Waals surface area contributed by atoms with E-state index < -0.39 is 0 Å². The zero-order valence-corrected chi connectivity index (χ0v) is 17.8. The summed E-state index contributed by atoms with van der Waals surface area (Å²) < 4.78 is 13.0. The van der Waals surface area contributed by atoms with Crippen molar-refractivity contribution in [2.45, 2.75) is 65.7 Å². The van der Waals surface area contributed by atoms with Gasteiger partial charge < -0.3 is 5.11 Å². The lowest BCUT2D eigenvalue weighted by Crippen LogP contribution is -2.21. The zero-order chi connectivity index (χ0) is 21.0. The Bertz CT molecular complexity index is 884. The first-order chi connectivity index (χ1) is 13.9. The summed E-state index contributed by atoms with van der Waals surface area (Å²) in [6, 6.07) is 11.0. The van der Waals surface area contributed by atoms with E-state index in [1.807, 2.05) is 12.1 Å². The Kier molecular flexibility index (Phi) is 6.89. The average molecular weight is 396 g/mol. The molecule has 0 radical (unpaired) electrons. The topological polar surface area (TPSA) is 41.6 Å². The van der Waals surface area contributed by atoms with E-state index in [0.29, 0.717) is 30.0 Å². The van der Waals surface area contributed by atoms with Crippen LogP contribution in [0.5, 0.6) is 0 Å². The minimum atomic E-state index is -0.211. The summed E-state index contributed by atoms with van der Waals surface area (Å²) in [4.78, 5) is 10.9. The van der Waals surface area contributed by atoms with Crippen molar-refractivity contribution in [3.63, 3.8) is 0 Å². The molecule has 0 amide bonds. The van der Waals surface area contributed by atoms with Gasteiger partial charge in [-0.25, -0.2) is 4.39 Å². The third kappa shape index (κ3) is 4.95. The van der Waals surface area contributed by atoms with Crippen LogP contribution >= 0.6 is 0 Å². The van der Waals surface area contributed by atoms with Gasteiger partial charge in [-0.1, -0.05) is 43.7 Å². The monoisotopic (exact) mass is 395 g/mol. The van der Waals surface area contributed by atoms with E-state index in [2.05, 4.69) is 32.9 Å². The lowest BCUT2D eigenvalue weighted by atomic mass is 9.78. The molecule has 0 heterocycles. The van der Waals surface area contributed by atoms with Gasteiger partial charge in [0, 0.05) is 12.0 Å². The number of hydrogen-bond donors (Lipinski definition) is 1. The van der Waals surface area contributed by atoms with Gasteiger partial charge in [0.15, 0.2) is 0 Å². The third-order valence-corrected chi connectivity index (χ3v) is 5.99. The Hall–Kier alpha value is -2.42. The van der Waals surface area contributed by atoms with Crippen molar-refractivity contribution in [2.24, 2.45) is 5.92 Å². The Balaban J connectivity index is 1.75. The molecule has 2 aromatic rings. The molecule has 0 aromatic heterocycles. The minimum Gasteiger partial charge on any atom is -0.511 e. The molecular formula is C26H32FO2+. The smallest absolute Gasteiger partial charge is 0.327 e. The van der Waals surface area contributed by atoms with Crippen LogP contribution in [0.4, 0.5) is 4.39 Å². The molecule has 0 aliphatic heterocycles. The van der Waals surface area contributed by atoms with Crippen LogP contribution in [0.2, 0.25) is 0 Å². The fourth-order valence-corrected chi connectivity index (χ4v) is 4.55. The lowest BCUT2D eigenvalue weighted by molar-refractivity contribution is 0.334. The van der Waals surface area contributed by atoms with Crippen LogP contribution in [0, 0.1) is 18.7 Å². The SMILES string of the molecule is CCc1cc(C)cc(CC)c1C1=C(O)CC(CCCc2ccc(F)cc2)CC1=[OH+]. The van der Waals surface area contributed by atoms with E-state index in [1.165, 1.54) is 28.8 Å². The van der Waals surface area contributed by atoms with E-state index >= 15 is 0 Å². The molecule has 1 aliphatic carbocycles. The van der Waals surface area contributed by atoms with Crippen molar-refractivity contribution in [1.82, 2.24) is 0 Å². The fourth-order valence-electron chi connectivity index (χ4n) is 4.55. The Morgan fingerprint density at radius 1 is 1.03 bits per heavy atom. The summed E-state index contributed by atoms with van der Waals surface area (Å²) in [6.45, 7) is 6.33. The van der Waals surface area contributed by atoms with Gasteiger partial charge in [-0.15, -0.1) is 0 Å². The van der Waals surface area contributed by atoms with Gasteiger partial charge in [-0.05, 0) is 73.8 Å². The minimum absolute atomic E-state index is 0.211. The third-order valence-electron chi connectivity index (χ3n) is 5.99. The van der Waals surface area contributed by atoms with Crippen LogP contribution in [0.3, 0.4) is 0 Å². The number of carbonyl (C=O) groups excluding carboxylic acids is 1. The summed E-state index contributed by atoms with van der Waals surface area (Å²) in [7, 11) is 0. The number of hydrogen-bond acceptors (Lipinski definition) is 1. The second-order valence-corrected chi connectivity index (χ2v) is 8.23. The number of allylic oxidation sites excluding steroid dienone is 2. The molecule has 1 atom stereocenters. The molecule has 2 nitrogen and oxygen atoms in total. The van der Waals surface area contributed by atoms with Gasteiger partial charge in [0.2, 0.25) is 0 Å². The van der Waals surface area contributed by atoms with Gasteiger partial charge in [0.25, 0.3) is 0 Å². The van der Waals surface area contributed by atoms with Crippen molar-refractivity contribution in [2.75, 3.05) is 0 Å². The predicted molar refractivity (Wildman–Crippen MR) is 118 cm³/mol. The van der Waals surface area contributed by atoms with E-state index in [-0.39, 0.29) is 11.7 Å². The molecule has 0 saturated heterocycles. The van der Waals surface area contributed by atoms with E-state index in [9.17, 15) is 14.3 Å². The second-order valence-electron chi connectivity index (χ2n) is 8.23. The molecule has 0 fully saturated rings. The molecule has 2 aromatic carbocycles. The predicted octanol–water partition coefficient (Wildman–Crippen LogP) is 6.51. The molecule has 29 heavy (non-hydrogen) atoms. The van der Waals surface area contributed by atoms with Crippen molar-refractivity contribution >= 4 is 11.4 Å². The van der Waals surface area contributed by atoms with Crippen LogP contribution in [0.25, 0.3) is 5.57 Å². The normalized spacial score (nSPS) is 17.1. The van der Waals surface area contributed by atoms with Gasteiger partial charge in [0.05, 0.1) is 6.42 Å².